The molecular formula is C27H35N3O2S. The topological polar surface area (TPSA) is 52.7 Å². The fourth-order valence-electron chi connectivity index (χ4n) is 6.10. The standard InChI is InChI=1S/C27H35N3O2S/c1-19-9-6-7-16-29(19)17-15-28-26(31)24-21-12-4-5-13-22(21)27(32)30(20-10-2-3-11-20)25(24)23-14-8-18-33-23/h4-5,8,12-14,18-20,24-25H,2-3,6-7,9-11,15-17H2,1H3,(H,28,31)/t19-,24+,25-/m1/s1. The van der Waals surface area contributed by atoms with E-state index in [9.17, 15) is 9.59 Å². The number of carbonyl (C=O) groups is 2. The molecule has 33 heavy (non-hydrogen) atoms. The first-order valence-electron chi connectivity index (χ1n) is 12.6. The zero-order valence-electron chi connectivity index (χ0n) is 19.5. The van der Waals surface area contributed by atoms with Crippen LogP contribution >= 0.6 is 11.3 Å². The summed E-state index contributed by atoms with van der Waals surface area (Å²) < 4.78 is 0. The maximum Gasteiger partial charge on any atom is 0.254 e. The number of hydrogen-bond donors (Lipinski definition) is 1. The van der Waals surface area contributed by atoms with Gasteiger partial charge in [-0.05, 0) is 62.2 Å². The molecule has 3 heterocycles. The lowest BCUT2D eigenvalue weighted by molar-refractivity contribution is -0.124. The molecular weight excluding hydrogens is 430 g/mol. The van der Waals surface area contributed by atoms with Crippen LogP contribution in [0.2, 0.25) is 0 Å². The van der Waals surface area contributed by atoms with Crippen LogP contribution in [0.4, 0.5) is 0 Å². The molecule has 2 aliphatic heterocycles. The Hall–Kier alpha value is -2.18. The van der Waals surface area contributed by atoms with Crippen LogP contribution in [-0.4, -0.2) is 53.3 Å². The zero-order chi connectivity index (χ0) is 22.8. The highest BCUT2D eigenvalue weighted by molar-refractivity contribution is 7.10. The number of rotatable bonds is 6. The molecule has 0 bridgehead atoms. The minimum absolute atomic E-state index is 0.0426. The Kier molecular flexibility index (Phi) is 6.84. The summed E-state index contributed by atoms with van der Waals surface area (Å²) in [6.45, 7) is 4.94. The van der Waals surface area contributed by atoms with Gasteiger partial charge in [0.25, 0.3) is 5.91 Å². The number of thiophene rings is 1. The minimum atomic E-state index is -0.378. The van der Waals surface area contributed by atoms with Crippen LogP contribution in [0.1, 0.15) is 84.6 Å². The quantitative estimate of drug-likeness (QED) is 0.656. The SMILES string of the molecule is C[C@@H]1CCCCN1CCNC(=O)[C@H]1c2ccccc2C(=O)N(C2CCCC2)[C@@H]1c1cccs1. The number of nitrogens with one attached hydrogen (secondary N) is 1. The highest BCUT2D eigenvalue weighted by atomic mass is 32.1. The summed E-state index contributed by atoms with van der Waals surface area (Å²) in [4.78, 5) is 33.2. The number of amides is 2. The summed E-state index contributed by atoms with van der Waals surface area (Å²) in [5.41, 5.74) is 1.57. The molecule has 0 radical (unpaired) electrons. The van der Waals surface area contributed by atoms with Crippen LogP contribution in [0.5, 0.6) is 0 Å². The second kappa shape index (κ2) is 9.98. The largest absolute Gasteiger partial charge is 0.354 e. The molecule has 0 unspecified atom stereocenters. The molecule has 2 fully saturated rings. The number of fused-ring (bicyclic) bond motifs is 1. The maximum atomic E-state index is 13.8. The number of piperidine rings is 1. The van der Waals surface area contributed by atoms with Crippen LogP contribution < -0.4 is 5.32 Å². The highest BCUT2D eigenvalue weighted by Gasteiger charge is 2.47. The number of hydrogen-bond acceptors (Lipinski definition) is 4. The average Bonchev–Trinajstić information content (AvgIpc) is 3.55. The van der Waals surface area contributed by atoms with Gasteiger partial charge in [0.1, 0.15) is 0 Å². The second-order valence-corrected chi connectivity index (χ2v) is 10.8. The van der Waals surface area contributed by atoms with Gasteiger partial charge in [-0.2, -0.15) is 0 Å². The van der Waals surface area contributed by atoms with Gasteiger partial charge in [-0.1, -0.05) is 43.5 Å². The number of nitrogens with zero attached hydrogens (tertiary/aromatic N) is 2. The fourth-order valence-corrected chi connectivity index (χ4v) is 6.96. The van der Waals surface area contributed by atoms with Gasteiger partial charge in [0.2, 0.25) is 5.91 Å². The Labute approximate surface area is 201 Å². The molecule has 0 spiro atoms. The summed E-state index contributed by atoms with van der Waals surface area (Å²) in [6.07, 6.45) is 8.14. The van der Waals surface area contributed by atoms with Gasteiger partial charge >= 0.3 is 0 Å². The lowest BCUT2D eigenvalue weighted by Crippen LogP contribution is -2.51. The van der Waals surface area contributed by atoms with Crippen molar-refractivity contribution >= 4 is 23.2 Å². The van der Waals surface area contributed by atoms with E-state index in [1.165, 1.54) is 19.3 Å². The number of benzene rings is 1. The minimum Gasteiger partial charge on any atom is -0.354 e. The Morgan fingerprint density at radius 2 is 1.85 bits per heavy atom. The lowest BCUT2D eigenvalue weighted by atomic mass is 9.80. The first-order chi connectivity index (χ1) is 16.1. The fraction of sp³-hybridized carbons (Fsp3) is 0.556. The molecule has 5 nitrogen and oxygen atoms in total. The molecule has 2 aromatic rings. The molecule has 5 rings (SSSR count). The molecule has 1 saturated heterocycles. The number of carbonyl (C=O) groups excluding carboxylic acids is 2. The molecule has 1 saturated carbocycles. The first kappa shape index (κ1) is 22.6. The van der Waals surface area contributed by atoms with Crippen molar-refractivity contribution in [1.29, 1.82) is 0 Å². The molecule has 176 valence electrons. The number of likely N-dealkylation sites (tertiary alicyclic amines) is 1. The molecule has 1 N–H and O–H groups in total. The van der Waals surface area contributed by atoms with E-state index in [1.54, 1.807) is 11.3 Å². The van der Waals surface area contributed by atoms with Gasteiger partial charge in [0, 0.05) is 35.6 Å². The third-order valence-corrected chi connectivity index (χ3v) is 8.79. The summed E-state index contributed by atoms with van der Waals surface area (Å²) in [5.74, 6) is -0.250. The van der Waals surface area contributed by atoms with Gasteiger partial charge in [-0.15, -0.1) is 11.3 Å². The maximum absolute atomic E-state index is 13.8. The zero-order valence-corrected chi connectivity index (χ0v) is 20.4. The van der Waals surface area contributed by atoms with Crippen molar-refractivity contribution in [2.24, 2.45) is 0 Å². The Balaban J connectivity index is 1.44. The van der Waals surface area contributed by atoms with Crippen LogP contribution in [0.15, 0.2) is 41.8 Å². The molecule has 1 aromatic heterocycles. The van der Waals surface area contributed by atoms with Crippen molar-refractivity contribution in [2.45, 2.75) is 75.9 Å². The predicted molar refractivity (Wildman–Crippen MR) is 133 cm³/mol. The average molecular weight is 466 g/mol. The molecule has 3 atom stereocenters. The van der Waals surface area contributed by atoms with Crippen LogP contribution in [0, 0.1) is 0 Å². The Bertz CT molecular complexity index is 970. The van der Waals surface area contributed by atoms with Crippen molar-refractivity contribution in [3.63, 3.8) is 0 Å². The van der Waals surface area contributed by atoms with Gasteiger partial charge in [-0.3, -0.25) is 14.5 Å². The van der Waals surface area contributed by atoms with E-state index in [2.05, 4.69) is 33.5 Å². The van der Waals surface area contributed by atoms with Gasteiger partial charge in [0.05, 0.1) is 12.0 Å². The van der Waals surface area contributed by atoms with Crippen molar-refractivity contribution in [3.05, 3.63) is 57.8 Å². The third kappa shape index (κ3) is 4.47. The van der Waals surface area contributed by atoms with Gasteiger partial charge in [0.15, 0.2) is 0 Å². The van der Waals surface area contributed by atoms with E-state index in [4.69, 9.17) is 0 Å². The van der Waals surface area contributed by atoms with Crippen molar-refractivity contribution < 1.29 is 9.59 Å². The van der Waals surface area contributed by atoms with Crippen LogP contribution in [0.25, 0.3) is 0 Å². The summed E-state index contributed by atoms with van der Waals surface area (Å²) >= 11 is 1.65. The molecule has 6 heteroatoms. The van der Waals surface area contributed by atoms with Gasteiger partial charge < -0.3 is 10.2 Å². The van der Waals surface area contributed by atoms with Crippen LogP contribution in [-0.2, 0) is 4.79 Å². The van der Waals surface area contributed by atoms with Crippen molar-refractivity contribution in [3.8, 4) is 0 Å². The smallest absolute Gasteiger partial charge is 0.254 e. The van der Waals surface area contributed by atoms with E-state index in [-0.39, 0.29) is 29.8 Å². The van der Waals surface area contributed by atoms with E-state index >= 15 is 0 Å². The normalized spacial score (nSPS) is 26.4. The van der Waals surface area contributed by atoms with Gasteiger partial charge in [-0.25, -0.2) is 0 Å². The van der Waals surface area contributed by atoms with Crippen molar-refractivity contribution in [2.75, 3.05) is 19.6 Å². The van der Waals surface area contributed by atoms with E-state index in [0.29, 0.717) is 18.2 Å². The highest BCUT2D eigenvalue weighted by Crippen LogP contribution is 2.47. The second-order valence-electron chi connectivity index (χ2n) is 9.85. The Morgan fingerprint density at radius 3 is 2.61 bits per heavy atom. The first-order valence-corrected chi connectivity index (χ1v) is 13.5. The summed E-state index contributed by atoms with van der Waals surface area (Å²) in [6, 6.07) is 12.4. The monoisotopic (exact) mass is 465 g/mol. The van der Waals surface area contributed by atoms with E-state index in [1.807, 2.05) is 30.3 Å². The summed E-state index contributed by atoms with van der Waals surface area (Å²) in [5, 5.41) is 5.32. The third-order valence-electron chi connectivity index (χ3n) is 7.85. The lowest BCUT2D eigenvalue weighted by Gasteiger charge is -2.44. The molecule has 2 amide bonds. The molecule has 3 aliphatic rings. The molecule has 1 aromatic carbocycles. The molecule has 1 aliphatic carbocycles. The van der Waals surface area contributed by atoms with E-state index < -0.39 is 0 Å². The summed E-state index contributed by atoms with van der Waals surface area (Å²) in [7, 11) is 0. The predicted octanol–water partition coefficient (Wildman–Crippen LogP) is 4.96. The van der Waals surface area contributed by atoms with E-state index in [0.717, 1.165) is 49.2 Å². The Morgan fingerprint density at radius 1 is 1.06 bits per heavy atom. The van der Waals surface area contributed by atoms with Crippen LogP contribution in [0.3, 0.4) is 0 Å². The van der Waals surface area contributed by atoms with Crippen molar-refractivity contribution in [1.82, 2.24) is 15.1 Å².